The summed E-state index contributed by atoms with van der Waals surface area (Å²) in [5.41, 5.74) is 1.97. The molecule has 1 aliphatic heterocycles. The Bertz CT molecular complexity index is 1220. The van der Waals surface area contributed by atoms with E-state index in [-0.39, 0.29) is 0 Å². The van der Waals surface area contributed by atoms with E-state index in [9.17, 15) is 12.8 Å². The summed E-state index contributed by atoms with van der Waals surface area (Å²) in [6, 6.07) is 16.8. The lowest BCUT2D eigenvalue weighted by molar-refractivity contribution is 0.201. The van der Waals surface area contributed by atoms with Crippen molar-refractivity contribution in [1.82, 2.24) is 9.29 Å². The van der Waals surface area contributed by atoms with Crippen LogP contribution in [-0.4, -0.2) is 37.3 Å². The highest BCUT2D eigenvalue weighted by Crippen LogP contribution is 2.50. The molecular weight excluding hydrogens is 415 g/mol. The summed E-state index contributed by atoms with van der Waals surface area (Å²) in [5, 5.41) is 0. The standard InChI is InChI=1S/C23H23FN4O2S/c1-17-6-4-5-7-21(17)28-16-26-23(27(2)31(3,29)30,19-8-10-20(24)11-9-19)22(28)18-12-14-25-15-13-18/h4-16,22H,1-3H3. The second-order valence-corrected chi connectivity index (χ2v) is 9.60. The maximum atomic E-state index is 13.8. The molecule has 1 aromatic heterocycles. The summed E-state index contributed by atoms with van der Waals surface area (Å²) < 4.78 is 40.6. The van der Waals surface area contributed by atoms with Crippen LogP contribution >= 0.6 is 0 Å². The Morgan fingerprint density at radius 3 is 2.29 bits per heavy atom. The van der Waals surface area contributed by atoms with E-state index in [1.54, 1.807) is 30.9 Å². The number of nitrogens with zero attached hydrogens (tertiary/aromatic N) is 4. The van der Waals surface area contributed by atoms with Crippen LogP contribution < -0.4 is 4.90 Å². The zero-order valence-corrected chi connectivity index (χ0v) is 18.3. The number of likely N-dealkylation sites (N-methyl/N-ethyl adjacent to an activating group) is 1. The van der Waals surface area contributed by atoms with Gasteiger partial charge in [-0.15, -0.1) is 0 Å². The summed E-state index contributed by atoms with van der Waals surface area (Å²) in [6.07, 6.45) is 6.14. The van der Waals surface area contributed by atoms with E-state index in [4.69, 9.17) is 4.99 Å². The van der Waals surface area contributed by atoms with Gasteiger partial charge in [0.15, 0.2) is 5.66 Å². The molecule has 0 fully saturated rings. The Hall–Kier alpha value is -3.10. The Balaban J connectivity index is 2.02. The van der Waals surface area contributed by atoms with Crippen LogP contribution in [0, 0.1) is 12.7 Å². The first kappa shape index (κ1) is 21.1. The van der Waals surface area contributed by atoms with Crippen molar-refractivity contribution < 1.29 is 12.8 Å². The monoisotopic (exact) mass is 438 g/mol. The van der Waals surface area contributed by atoms with Crippen LogP contribution in [0.3, 0.4) is 0 Å². The van der Waals surface area contributed by atoms with Crippen molar-refractivity contribution in [3.05, 3.63) is 95.6 Å². The van der Waals surface area contributed by atoms with E-state index in [1.165, 1.54) is 23.5 Å². The number of halogens is 1. The lowest BCUT2D eigenvalue weighted by Crippen LogP contribution is -2.50. The van der Waals surface area contributed by atoms with Gasteiger partial charge in [-0.25, -0.2) is 17.8 Å². The molecular formula is C23H23FN4O2S. The second kappa shape index (κ2) is 7.86. The minimum Gasteiger partial charge on any atom is -0.321 e. The Morgan fingerprint density at radius 2 is 1.68 bits per heavy atom. The highest BCUT2D eigenvalue weighted by Gasteiger charge is 2.54. The molecule has 2 unspecified atom stereocenters. The van der Waals surface area contributed by atoms with Gasteiger partial charge in [0.05, 0.1) is 12.6 Å². The summed E-state index contributed by atoms with van der Waals surface area (Å²) >= 11 is 0. The van der Waals surface area contributed by atoms with E-state index in [2.05, 4.69) is 4.98 Å². The van der Waals surface area contributed by atoms with Gasteiger partial charge in [0, 0.05) is 25.1 Å². The average molecular weight is 439 g/mol. The van der Waals surface area contributed by atoms with Gasteiger partial charge in [0.25, 0.3) is 0 Å². The number of benzene rings is 2. The molecule has 2 atom stereocenters. The lowest BCUT2D eigenvalue weighted by atomic mass is 9.87. The van der Waals surface area contributed by atoms with E-state index >= 15 is 0 Å². The first-order valence-corrected chi connectivity index (χ1v) is 11.6. The molecule has 2 aromatic carbocycles. The van der Waals surface area contributed by atoms with Crippen LogP contribution in [-0.2, 0) is 15.7 Å². The number of sulfonamides is 1. The lowest BCUT2D eigenvalue weighted by Gasteiger charge is -2.42. The van der Waals surface area contributed by atoms with Crippen LogP contribution in [0.15, 0.2) is 78.0 Å². The van der Waals surface area contributed by atoms with Gasteiger partial charge in [-0.1, -0.05) is 30.3 Å². The highest BCUT2D eigenvalue weighted by atomic mass is 32.2. The van der Waals surface area contributed by atoms with Gasteiger partial charge < -0.3 is 4.90 Å². The number of aliphatic imine (C=N–C) groups is 1. The molecule has 2 heterocycles. The molecule has 160 valence electrons. The van der Waals surface area contributed by atoms with Crippen molar-refractivity contribution in [2.24, 2.45) is 4.99 Å². The molecule has 0 N–H and O–H groups in total. The van der Waals surface area contributed by atoms with Crippen LogP contribution in [0.4, 0.5) is 10.1 Å². The number of hydrogen-bond donors (Lipinski definition) is 0. The zero-order valence-electron chi connectivity index (χ0n) is 17.5. The summed E-state index contributed by atoms with van der Waals surface area (Å²) in [5.74, 6) is -0.404. The van der Waals surface area contributed by atoms with Crippen molar-refractivity contribution in [3.63, 3.8) is 0 Å². The Kier molecular flexibility index (Phi) is 5.36. The van der Waals surface area contributed by atoms with Gasteiger partial charge >= 0.3 is 0 Å². The fourth-order valence-corrected chi connectivity index (χ4v) is 4.85. The quantitative estimate of drug-likeness (QED) is 0.607. The van der Waals surface area contributed by atoms with Crippen molar-refractivity contribution >= 4 is 22.0 Å². The fraction of sp³-hybridized carbons (Fsp3) is 0.217. The van der Waals surface area contributed by atoms with E-state index < -0.39 is 27.5 Å². The molecule has 8 heteroatoms. The summed E-state index contributed by atoms with van der Waals surface area (Å²) in [7, 11) is -2.17. The number of rotatable bonds is 5. The Labute approximate surface area is 181 Å². The molecule has 0 saturated carbocycles. The molecule has 3 aromatic rings. The third-order valence-electron chi connectivity index (χ3n) is 5.70. The van der Waals surface area contributed by atoms with E-state index in [0.717, 1.165) is 23.1 Å². The molecule has 4 rings (SSSR count). The molecule has 0 spiro atoms. The predicted molar refractivity (Wildman–Crippen MR) is 120 cm³/mol. The second-order valence-electron chi connectivity index (χ2n) is 7.58. The summed E-state index contributed by atoms with van der Waals surface area (Å²) in [4.78, 5) is 10.9. The van der Waals surface area contributed by atoms with Gasteiger partial charge in [0.2, 0.25) is 10.0 Å². The molecule has 0 saturated heterocycles. The van der Waals surface area contributed by atoms with Crippen molar-refractivity contribution in [2.75, 3.05) is 18.2 Å². The minimum atomic E-state index is -3.68. The topological polar surface area (TPSA) is 65.9 Å². The molecule has 0 amide bonds. The van der Waals surface area contributed by atoms with Crippen molar-refractivity contribution in [2.45, 2.75) is 18.6 Å². The van der Waals surface area contributed by atoms with Gasteiger partial charge in [-0.05, 0) is 53.9 Å². The van der Waals surface area contributed by atoms with Crippen molar-refractivity contribution in [1.29, 1.82) is 0 Å². The van der Waals surface area contributed by atoms with E-state index in [1.807, 2.05) is 48.2 Å². The van der Waals surface area contributed by atoms with Gasteiger partial charge in [0.1, 0.15) is 11.9 Å². The van der Waals surface area contributed by atoms with Gasteiger partial charge in [-0.2, -0.15) is 4.31 Å². The number of aryl methyl sites for hydroxylation is 1. The molecule has 6 nitrogen and oxygen atoms in total. The number of pyridine rings is 1. The highest BCUT2D eigenvalue weighted by molar-refractivity contribution is 7.88. The van der Waals surface area contributed by atoms with E-state index in [0.29, 0.717) is 5.56 Å². The van der Waals surface area contributed by atoms with Crippen LogP contribution in [0.1, 0.15) is 22.7 Å². The largest absolute Gasteiger partial charge is 0.321 e. The molecule has 31 heavy (non-hydrogen) atoms. The van der Waals surface area contributed by atoms with Crippen LogP contribution in [0.2, 0.25) is 0 Å². The maximum absolute atomic E-state index is 13.8. The SMILES string of the molecule is Cc1ccccc1N1C=NC(c2ccc(F)cc2)(N(C)S(C)(=O)=O)C1c1ccncc1. The molecule has 0 aliphatic carbocycles. The Morgan fingerprint density at radius 1 is 1.03 bits per heavy atom. The predicted octanol–water partition coefficient (Wildman–Crippen LogP) is 3.86. The van der Waals surface area contributed by atoms with Crippen LogP contribution in [0.25, 0.3) is 0 Å². The van der Waals surface area contributed by atoms with Crippen molar-refractivity contribution in [3.8, 4) is 0 Å². The first-order valence-electron chi connectivity index (χ1n) is 9.74. The first-order chi connectivity index (χ1) is 14.7. The fourth-order valence-electron chi connectivity index (χ4n) is 4.09. The zero-order chi connectivity index (χ0) is 22.2. The number of para-hydroxylation sites is 1. The average Bonchev–Trinajstić information content (AvgIpc) is 3.15. The molecule has 1 aliphatic rings. The molecule has 0 bridgehead atoms. The maximum Gasteiger partial charge on any atom is 0.213 e. The van der Waals surface area contributed by atoms with Gasteiger partial charge in [-0.3, -0.25) is 4.98 Å². The smallest absolute Gasteiger partial charge is 0.213 e. The molecule has 0 radical (unpaired) electrons. The minimum absolute atomic E-state index is 0.404. The summed E-state index contributed by atoms with van der Waals surface area (Å²) in [6.45, 7) is 1.99. The number of aromatic nitrogens is 1. The third-order valence-corrected chi connectivity index (χ3v) is 6.97. The van der Waals surface area contributed by atoms with Crippen LogP contribution in [0.5, 0.6) is 0 Å². The number of hydrogen-bond acceptors (Lipinski definition) is 5. The number of anilines is 1. The third kappa shape index (κ3) is 3.62. The normalized spacial score (nSPS) is 21.1.